The maximum absolute atomic E-state index is 14.1. The predicted octanol–water partition coefficient (Wildman–Crippen LogP) is 3.83. The fraction of sp³-hybridized carbons (Fsp3) is 0.294. The minimum Gasteiger partial charge on any atom is -0.326 e. The van der Waals surface area contributed by atoms with Gasteiger partial charge in [-0.3, -0.25) is 0 Å². The molecule has 0 aliphatic heterocycles. The van der Waals surface area contributed by atoms with Gasteiger partial charge in [-0.25, -0.2) is 4.39 Å². The van der Waals surface area contributed by atoms with Gasteiger partial charge < -0.3 is 5.73 Å². The summed E-state index contributed by atoms with van der Waals surface area (Å²) in [6.07, 6.45) is 4.78. The van der Waals surface area contributed by atoms with Crippen molar-refractivity contribution in [1.82, 2.24) is 0 Å². The highest BCUT2D eigenvalue weighted by atomic mass is 19.1. The van der Waals surface area contributed by atoms with Crippen molar-refractivity contribution in [2.24, 2.45) is 5.73 Å². The van der Waals surface area contributed by atoms with Crippen LogP contribution in [0.5, 0.6) is 0 Å². The lowest BCUT2D eigenvalue weighted by molar-refractivity contribution is 0.629. The van der Waals surface area contributed by atoms with Crippen LogP contribution >= 0.6 is 0 Å². The topological polar surface area (TPSA) is 26.0 Å². The van der Waals surface area contributed by atoms with E-state index in [1.54, 1.807) is 0 Å². The minimum absolute atomic E-state index is 0.182. The molecule has 19 heavy (non-hydrogen) atoms. The Kier molecular flexibility index (Phi) is 3.34. The molecule has 0 heterocycles. The number of fused-ring (bicyclic) bond motifs is 1. The molecule has 0 saturated carbocycles. The van der Waals surface area contributed by atoms with Gasteiger partial charge in [0.25, 0.3) is 0 Å². The molecule has 2 heteroatoms. The van der Waals surface area contributed by atoms with E-state index < -0.39 is 0 Å². The van der Waals surface area contributed by atoms with Crippen molar-refractivity contribution in [3.63, 3.8) is 0 Å². The van der Waals surface area contributed by atoms with E-state index in [4.69, 9.17) is 5.73 Å². The lowest BCUT2D eigenvalue weighted by atomic mass is 9.89. The molecule has 0 atom stereocenters. The Morgan fingerprint density at radius 3 is 2.47 bits per heavy atom. The van der Waals surface area contributed by atoms with Gasteiger partial charge in [0.2, 0.25) is 0 Å². The van der Waals surface area contributed by atoms with Crippen LogP contribution in [0.25, 0.3) is 11.1 Å². The summed E-state index contributed by atoms with van der Waals surface area (Å²) in [5.74, 6) is -0.182. The minimum atomic E-state index is -0.182. The van der Waals surface area contributed by atoms with E-state index in [0.29, 0.717) is 12.1 Å². The Balaban J connectivity index is 2.02. The maximum atomic E-state index is 14.1. The molecule has 0 radical (unpaired) electrons. The summed E-state index contributed by atoms with van der Waals surface area (Å²) in [4.78, 5) is 0. The van der Waals surface area contributed by atoms with Gasteiger partial charge in [0.1, 0.15) is 5.82 Å². The number of aryl methyl sites for hydroxylation is 2. The fourth-order valence-electron chi connectivity index (χ4n) is 2.82. The van der Waals surface area contributed by atoms with Crippen LogP contribution in [0.2, 0.25) is 0 Å². The van der Waals surface area contributed by atoms with E-state index in [9.17, 15) is 4.39 Å². The molecule has 1 nitrogen and oxygen atoms in total. The lowest BCUT2D eigenvalue weighted by Crippen LogP contribution is -2.02. The van der Waals surface area contributed by atoms with Gasteiger partial charge >= 0.3 is 0 Å². The molecule has 2 N–H and O–H groups in total. The summed E-state index contributed by atoms with van der Waals surface area (Å²) >= 11 is 0. The molecule has 0 spiro atoms. The molecule has 2 aromatic rings. The third-order valence-electron chi connectivity index (χ3n) is 3.93. The summed E-state index contributed by atoms with van der Waals surface area (Å²) in [5.41, 5.74) is 10.8. The maximum Gasteiger partial charge on any atom is 0.131 e. The van der Waals surface area contributed by atoms with Gasteiger partial charge in [-0.1, -0.05) is 30.3 Å². The highest BCUT2D eigenvalue weighted by molar-refractivity contribution is 5.66. The average Bonchev–Trinajstić information content (AvgIpc) is 2.46. The van der Waals surface area contributed by atoms with Crippen LogP contribution in [-0.2, 0) is 19.4 Å². The van der Waals surface area contributed by atoms with Crippen LogP contribution in [0.4, 0.5) is 4.39 Å². The van der Waals surface area contributed by atoms with E-state index in [1.807, 2.05) is 18.2 Å². The van der Waals surface area contributed by atoms with Gasteiger partial charge in [0.05, 0.1) is 0 Å². The predicted molar refractivity (Wildman–Crippen MR) is 76.4 cm³/mol. The van der Waals surface area contributed by atoms with Crippen LogP contribution in [0, 0.1) is 5.82 Å². The second-order valence-electron chi connectivity index (χ2n) is 5.21. The number of benzene rings is 2. The largest absolute Gasteiger partial charge is 0.326 e. The van der Waals surface area contributed by atoms with Crippen LogP contribution < -0.4 is 5.73 Å². The van der Waals surface area contributed by atoms with E-state index in [-0.39, 0.29) is 5.82 Å². The second kappa shape index (κ2) is 5.14. The number of halogens is 1. The second-order valence-corrected chi connectivity index (χ2v) is 5.21. The van der Waals surface area contributed by atoms with Gasteiger partial charge in [-0.2, -0.15) is 0 Å². The molecule has 1 aliphatic carbocycles. The normalized spacial score (nSPS) is 14.2. The van der Waals surface area contributed by atoms with Crippen molar-refractivity contribution < 1.29 is 4.39 Å². The fourth-order valence-corrected chi connectivity index (χ4v) is 2.82. The summed E-state index contributed by atoms with van der Waals surface area (Å²) in [7, 11) is 0. The van der Waals surface area contributed by atoms with Gasteiger partial charge in [0, 0.05) is 12.1 Å². The van der Waals surface area contributed by atoms with Crippen molar-refractivity contribution in [3.8, 4) is 11.1 Å². The zero-order chi connectivity index (χ0) is 13.2. The molecule has 0 bridgehead atoms. The third-order valence-corrected chi connectivity index (χ3v) is 3.93. The number of rotatable bonds is 2. The smallest absolute Gasteiger partial charge is 0.131 e. The first-order chi connectivity index (χ1) is 9.28. The van der Waals surface area contributed by atoms with Crippen LogP contribution in [0.15, 0.2) is 36.4 Å². The molecule has 0 aromatic heterocycles. The van der Waals surface area contributed by atoms with Crippen molar-refractivity contribution in [2.75, 3.05) is 0 Å². The quantitative estimate of drug-likeness (QED) is 0.867. The number of hydrogen-bond acceptors (Lipinski definition) is 1. The number of hydrogen-bond donors (Lipinski definition) is 1. The summed E-state index contributed by atoms with van der Waals surface area (Å²) < 4.78 is 14.1. The van der Waals surface area contributed by atoms with Crippen molar-refractivity contribution >= 4 is 0 Å². The average molecular weight is 255 g/mol. The van der Waals surface area contributed by atoms with Crippen LogP contribution in [0.1, 0.15) is 29.5 Å². The van der Waals surface area contributed by atoms with Gasteiger partial charge in [0.15, 0.2) is 0 Å². The van der Waals surface area contributed by atoms with E-state index in [0.717, 1.165) is 24.0 Å². The lowest BCUT2D eigenvalue weighted by Gasteiger charge is -2.17. The molecule has 0 saturated heterocycles. The van der Waals surface area contributed by atoms with E-state index in [2.05, 4.69) is 12.1 Å². The monoisotopic (exact) mass is 255 g/mol. The van der Waals surface area contributed by atoms with Gasteiger partial charge in [-0.15, -0.1) is 0 Å². The Labute approximate surface area is 113 Å². The highest BCUT2D eigenvalue weighted by Gasteiger charge is 2.12. The summed E-state index contributed by atoms with van der Waals surface area (Å²) in [6.45, 7) is 0.376. The molecule has 0 unspecified atom stereocenters. The Morgan fingerprint density at radius 2 is 1.74 bits per heavy atom. The summed E-state index contributed by atoms with van der Waals surface area (Å²) in [6, 6.07) is 11.6. The Hall–Kier alpha value is -1.67. The Morgan fingerprint density at radius 1 is 0.947 bits per heavy atom. The van der Waals surface area contributed by atoms with E-state index in [1.165, 1.54) is 30.0 Å². The third kappa shape index (κ3) is 2.41. The number of nitrogens with two attached hydrogens (primary N) is 1. The summed E-state index contributed by atoms with van der Waals surface area (Å²) in [5, 5.41) is 0. The molecule has 1 aliphatic rings. The molecule has 0 amide bonds. The van der Waals surface area contributed by atoms with Crippen molar-refractivity contribution in [3.05, 3.63) is 58.9 Å². The first kappa shape index (κ1) is 12.4. The zero-order valence-electron chi connectivity index (χ0n) is 11.0. The van der Waals surface area contributed by atoms with Crippen molar-refractivity contribution in [2.45, 2.75) is 32.2 Å². The van der Waals surface area contributed by atoms with E-state index >= 15 is 0 Å². The van der Waals surface area contributed by atoms with Crippen LogP contribution in [0.3, 0.4) is 0 Å². The van der Waals surface area contributed by atoms with Crippen molar-refractivity contribution in [1.29, 1.82) is 0 Å². The van der Waals surface area contributed by atoms with Gasteiger partial charge in [-0.05, 0) is 54.0 Å². The molecule has 3 rings (SSSR count). The highest BCUT2D eigenvalue weighted by Crippen LogP contribution is 2.29. The first-order valence-electron chi connectivity index (χ1n) is 6.88. The Bertz CT molecular complexity index is 604. The molecular formula is C17H18FN. The zero-order valence-corrected chi connectivity index (χ0v) is 11.0. The molecular weight excluding hydrogens is 237 g/mol. The SMILES string of the molecule is NCc1ccc(-c2ccc3c(c2)CCCC3)c(F)c1. The first-order valence-corrected chi connectivity index (χ1v) is 6.88. The molecule has 0 fully saturated rings. The molecule has 98 valence electrons. The standard InChI is InChI=1S/C17H18FN/c18-17-9-12(11-19)5-8-16(17)15-7-6-13-3-1-2-4-14(13)10-15/h5-10H,1-4,11,19H2. The van der Waals surface area contributed by atoms with Crippen LogP contribution in [-0.4, -0.2) is 0 Å². The molecule has 2 aromatic carbocycles.